The van der Waals surface area contributed by atoms with Gasteiger partial charge >= 0.3 is 12.1 Å². The summed E-state index contributed by atoms with van der Waals surface area (Å²) in [5, 5.41) is 4.77. The maximum absolute atomic E-state index is 13.5. The fourth-order valence-electron chi connectivity index (χ4n) is 4.40. The van der Waals surface area contributed by atoms with Gasteiger partial charge in [-0.2, -0.15) is 0 Å². The number of nitrogens with one attached hydrogen (secondary N) is 1. The zero-order valence-electron chi connectivity index (χ0n) is 21.1. The van der Waals surface area contributed by atoms with E-state index in [2.05, 4.69) is 35.7 Å². The Hall–Kier alpha value is -3.60. The number of fused-ring (bicyclic) bond motifs is 2. The van der Waals surface area contributed by atoms with Crippen molar-refractivity contribution in [2.24, 2.45) is 0 Å². The highest BCUT2D eigenvalue weighted by Crippen LogP contribution is 2.41. The van der Waals surface area contributed by atoms with Crippen LogP contribution in [-0.4, -0.2) is 23.2 Å². The number of ether oxygens (including phenoxy) is 2. The van der Waals surface area contributed by atoms with Crippen molar-refractivity contribution in [3.05, 3.63) is 89.5 Å². The number of benzene rings is 3. The second-order valence-corrected chi connectivity index (χ2v) is 10.5. The summed E-state index contributed by atoms with van der Waals surface area (Å²) in [4.78, 5) is 25.9. The standard InChI is InChI=1S/C30H33NO4/c1-29(2,3)35-28(33)31-30(4,5)27(32)34-26(24-18-10-14-20-12-6-8-16-22(20)24)25-19-11-15-21-13-7-9-17-23(21)25/h6-10,12-14,16-19,26H,11,15H2,1-5H3,(H,31,33). The number of carbonyl (C=O) groups is 2. The number of carbonyl (C=O) groups excluding carboxylic acids is 2. The third kappa shape index (κ3) is 5.56. The van der Waals surface area contributed by atoms with E-state index < -0.39 is 29.3 Å². The quantitative estimate of drug-likeness (QED) is 0.418. The second-order valence-electron chi connectivity index (χ2n) is 10.5. The Balaban J connectivity index is 1.73. The molecule has 1 unspecified atom stereocenters. The van der Waals surface area contributed by atoms with Crippen molar-refractivity contribution < 1.29 is 19.1 Å². The fourth-order valence-corrected chi connectivity index (χ4v) is 4.40. The fraction of sp³-hybridized carbons (Fsp3) is 0.333. The van der Waals surface area contributed by atoms with Gasteiger partial charge in [-0.05, 0) is 69.4 Å². The maximum atomic E-state index is 13.5. The van der Waals surface area contributed by atoms with Gasteiger partial charge in [0.05, 0.1) is 0 Å². The molecule has 3 aromatic rings. The van der Waals surface area contributed by atoms with Gasteiger partial charge in [-0.1, -0.05) is 72.8 Å². The zero-order chi connectivity index (χ0) is 25.2. The first-order valence-corrected chi connectivity index (χ1v) is 12.0. The third-order valence-corrected chi connectivity index (χ3v) is 6.04. The van der Waals surface area contributed by atoms with Crippen LogP contribution in [0.25, 0.3) is 16.3 Å². The Morgan fingerprint density at radius 1 is 0.886 bits per heavy atom. The molecule has 0 spiro atoms. The molecule has 35 heavy (non-hydrogen) atoms. The Morgan fingerprint density at radius 2 is 1.57 bits per heavy atom. The van der Waals surface area contributed by atoms with Crippen LogP contribution < -0.4 is 5.32 Å². The van der Waals surface area contributed by atoms with E-state index in [0.29, 0.717) is 0 Å². The van der Waals surface area contributed by atoms with Gasteiger partial charge in [0.2, 0.25) is 0 Å². The van der Waals surface area contributed by atoms with Gasteiger partial charge in [-0.25, -0.2) is 9.59 Å². The van der Waals surface area contributed by atoms with E-state index in [1.807, 2.05) is 42.5 Å². The molecule has 0 saturated carbocycles. The van der Waals surface area contributed by atoms with Crippen LogP contribution in [0.2, 0.25) is 0 Å². The summed E-state index contributed by atoms with van der Waals surface area (Å²) in [5.41, 5.74) is 2.23. The van der Waals surface area contributed by atoms with Gasteiger partial charge in [0.15, 0.2) is 6.10 Å². The summed E-state index contributed by atoms with van der Waals surface area (Å²) in [6.07, 6.45) is 2.68. The van der Waals surface area contributed by atoms with Gasteiger partial charge in [0.1, 0.15) is 11.1 Å². The molecule has 5 nitrogen and oxygen atoms in total. The molecule has 0 saturated heterocycles. The van der Waals surface area contributed by atoms with E-state index in [1.54, 1.807) is 34.6 Å². The normalized spacial score (nSPS) is 14.5. The van der Waals surface area contributed by atoms with Gasteiger partial charge < -0.3 is 14.8 Å². The average molecular weight is 472 g/mol. The first-order chi connectivity index (χ1) is 16.5. The van der Waals surface area contributed by atoms with Crippen LogP contribution in [0.15, 0.2) is 72.8 Å². The molecule has 0 heterocycles. The molecule has 0 fully saturated rings. The first-order valence-electron chi connectivity index (χ1n) is 12.0. The number of hydrogen-bond acceptors (Lipinski definition) is 4. The molecule has 1 amide bonds. The van der Waals surface area contributed by atoms with Gasteiger partial charge in [-0.15, -0.1) is 0 Å². The van der Waals surface area contributed by atoms with Crippen LogP contribution >= 0.6 is 0 Å². The highest BCUT2D eigenvalue weighted by Gasteiger charge is 2.37. The van der Waals surface area contributed by atoms with Crippen LogP contribution in [0.5, 0.6) is 0 Å². The zero-order valence-corrected chi connectivity index (χ0v) is 21.1. The molecule has 0 aromatic heterocycles. The second kappa shape index (κ2) is 9.57. The lowest BCUT2D eigenvalue weighted by molar-refractivity contribution is -0.153. The van der Waals surface area contributed by atoms with E-state index in [9.17, 15) is 9.59 Å². The Bertz CT molecular complexity index is 1280. The Morgan fingerprint density at radius 3 is 2.34 bits per heavy atom. The molecule has 0 aliphatic heterocycles. The highest BCUT2D eigenvalue weighted by molar-refractivity contribution is 5.91. The van der Waals surface area contributed by atoms with Crippen LogP contribution in [0.1, 0.15) is 63.8 Å². The van der Waals surface area contributed by atoms with Crippen molar-refractivity contribution in [2.75, 3.05) is 0 Å². The van der Waals surface area contributed by atoms with Gasteiger partial charge in [-0.3, -0.25) is 0 Å². The largest absolute Gasteiger partial charge is 0.451 e. The summed E-state index contributed by atoms with van der Waals surface area (Å²) in [5.74, 6) is -0.537. The molecule has 5 heteroatoms. The predicted molar refractivity (Wildman–Crippen MR) is 139 cm³/mol. The lowest BCUT2D eigenvalue weighted by atomic mass is 9.84. The molecule has 1 aliphatic carbocycles. The van der Waals surface area contributed by atoms with E-state index in [0.717, 1.165) is 40.3 Å². The SMILES string of the molecule is CC(C)(C)OC(=O)NC(C)(C)C(=O)OC(C1=CCCc2ccccc21)c1cccc2ccccc12. The van der Waals surface area contributed by atoms with Crippen LogP contribution in [0.4, 0.5) is 4.79 Å². The molecular weight excluding hydrogens is 438 g/mol. The van der Waals surface area contributed by atoms with Crippen molar-refractivity contribution in [1.29, 1.82) is 0 Å². The number of alkyl carbamates (subject to hydrolysis) is 1. The monoisotopic (exact) mass is 471 g/mol. The molecule has 1 N–H and O–H groups in total. The number of esters is 1. The number of amides is 1. The Labute approximate surface area is 207 Å². The highest BCUT2D eigenvalue weighted by atomic mass is 16.6. The lowest BCUT2D eigenvalue weighted by Crippen LogP contribution is -2.52. The summed E-state index contributed by atoms with van der Waals surface area (Å²) in [6, 6.07) is 22.4. The number of rotatable bonds is 5. The Kier molecular flexibility index (Phi) is 6.70. The summed E-state index contributed by atoms with van der Waals surface area (Å²) in [7, 11) is 0. The molecule has 1 aliphatic rings. The summed E-state index contributed by atoms with van der Waals surface area (Å²) >= 11 is 0. The smallest absolute Gasteiger partial charge is 0.408 e. The predicted octanol–water partition coefficient (Wildman–Crippen LogP) is 6.76. The minimum atomic E-state index is -1.29. The molecule has 0 radical (unpaired) electrons. The lowest BCUT2D eigenvalue weighted by Gasteiger charge is -2.31. The molecular formula is C30H33NO4. The number of aryl methyl sites for hydroxylation is 1. The van der Waals surface area contributed by atoms with E-state index in [-0.39, 0.29) is 0 Å². The summed E-state index contributed by atoms with van der Waals surface area (Å²) in [6.45, 7) is 8.59. The number of hydrogen-bond donors (Lipinski definition) is 1. The minimum absolute atomic E-state index is 0.537. The van der Waals surface area contributed by atoms with Crippen molar-refractivity contribution >= 4 is 28.4 Å². The van der Waals surface area contributed by atoms with Crippen molar-refractivity contribution in [3.8, 4) is 0 Å². The van der Waals surface area contributed by atoms with Gasteiger partial charge in [0.25, 0.3) is 0 Å². The topological polar surface area (TPSA) is 64.6 Å². The molecule has 182 valence electrons. The van der Waals surface area contributed by atoms with Crippen molar-refractivity contribution in [3.63, 3.8) is 0 Å². The van der Waals surface area contributed by atoms with Gasteiger partial charge in [0, 0.05) is 11.1 Å². The number of allylic oxidation sites excluding steroid dienone is 1. The molecule has 3 aromatic carbocycles. The first kappa shape index (κ1) is 24.5. The molecule has 4 rings (SSSR count). The van der Waals surface area contributed by atoms with Crippen LogP contribution in [0, 0.1) is 0 Å². The van der Waals surface area contributed by atoms with Crippen molar-refractivity contribution in [2.45, 2.75) is 64.7 Å². The van der Waals surface area contributed by atoms with Crippen molar-refractivity contribution in [1.82, 2.24) is 5.32 Å². The van der Waals surface area contributed by atoms with E-state index in [4.69, 9.17) is 9.47 Å². The van der Waals surface area contributed by atoms with E-state index >= 15 is 0 Å². The summed E-state index contributed by atoms with van der Waals surface area (Å²) < 4.78 is 11.6. The maximum Gasteiger partial charge on any atom is 0.408 e. The van der Waals surface area contributed by atoms with E-state index in [1.165, 1.54) is 5.56 Å². The average Bonchev–Trinajstić information content (AvgIpc) is 2.80. The van der Waals surface area contributed by atoms with Crippen LogP contribution in [0.3, 0.4) is 0 Å². The third-order valence-electron chi connectivity index (χ3n) is 6.04. The van der Waals surface area contributed by atoms with Crippen LogP contribution in [-0.2, 0) is 20.7 Å². The molecule has 0 bridgehead atoms. The molecule has 1 atom stereocenters. The minimum Gasteiger partial charge on any atom is -0.451 e.